The van der Waals surface area contributed by atoms with E-state index < -0.39 is 52.6 Å². The van der Waals surface area contributed by atoms with Crippen molar-refractivity contribution in [2.24, 2.45) is 0 Å². The number of rotatable bonds is 5. The highest BCUT2D eigenvalue weighted by Gasteiger charge is 2.46. The molecule has 0 aromatic carbocycles. The van der Waals surface area contributed by atoms with E-state index in [1.807, 2.05) is 4.98 Å². The molecule has 0 saturated carbocycles. The summed E-state index contributed by atoms with van der Waals surface area (Å²) in [7, 11) is -3.79. The van der Waals surface area contributed by atoms with Crippen molar-refractivity contribution in [3.8, 4) is 0 Å². The number of aliphatic hydroxyl groups excluding tert-OH is 1. The topological polar surface area (TPSA) is 128 Å². The van der Waals surface area contributed by atoms with Crippen LogP contribution in [0.1, 0.15) is 18.7 Å². The van der Waals surface area contributed by atoms with Crippen LogP contribution < -0.4 is 11.2 Å². The van der Waals surface area contributed by atoms with Gasteiger partial charge in [0.25, 0.3) is 15.7 Å². The van der Waals surface area contributed by atoms with Gasteiger partial charge >= 0.3 is 5.69 Å². The minimum absolute atomic E-state index is 0.241. The molecule has 1 fully saturated rings. The van der Waals surface area contributed by atoms with Crippen molar-refractivity contribution in [2.45, 2.75) is 38.0 Å². The van der Waals surface area contributed by atoms with Gasteiger partial charge < -0.3 is 9.84 Å². The molecule has 9 nitrogen and oxygen atoms in total. The molecule has 130 valence electrons. The van der Waals surface area contributed by atoms with Gasteiger partial charge in [-0.15, -0.1) is 0 Å². The van der Waals surface area contributed by atoms with E-state index >= 15 is 0 Å². The third-order valence-corrected chi connectivity index (χ3v) is 4.00. The second-order valence-corrected chi connectivity index (χ2v) is 6.81. The predicted molar refractivity (Wildman–Crippen MR) is 76.3 cm³/mol. The fraction of sp³-hybridized carbons (Fsp3) is 0.667. The van der Waals surface area contributed by atoms with Crippen molar-refractivity contribution < 1.29 is 26.8 Å². The minimum atomic E-state index is -3.79. The first-order valence-electron chi connectivity index (χ1n) is 6.80. The molecule has 23 heavy (non-hydrogen) atoms. The number of nitrogens with one attached hydrogen (secondary N) is 1. The van der Waals surface area contributed by atoms with Gasteiger partial charge in [-0.3, -0.25) is 18.5 Å². The fourth-order valence-electron chi connectivity index (χ4n) is 2.22. The van der Waals surface area contributed by atoms with Crippen LogP contribution in [-0.2, 0) is 25.5 Å². The van der Waals surface area contributed by atoms with Gasteiger partial charge in [-0.05, 0) is 6.42 Å². The van der Waals surface area contributed by atoms with Crippen LogP contribution in [0, 0.1) is 0 Å². The molecule has 2 rings (SSSR count). The first-order valence-corrected chi connectivity index (χ1v) is 8.62. The van der Waals surface area contributed by atoms with Crippen molar-refractivity contribution in [3.05, 3.63) is 32.6 Å². The number of aliphatic hydroxyl groups is 1. The van der Waals surface area contributed by atoms with Crippen LogP contribution in [-0.4, -0.2) is 54.3 Å². The van der Waals surface area contributed by atoms with Crippen LogP contribution >= 0.6 is 0 Å². The molecule has 0 amide bonds. The molecule has 0 bridgehead atoms. The summed E-state index contributed by atoms with van der Waals surface area (Å²) >= 11 is 0. The van der Waals surface area contributed by atoms with Crippen LogP contribution in [0.25, 0.3) is 0 Å². The lowest BCUT2D eigenvalue weighted by Gasteiger charge is -2.16. The van der Waals surface area contributed by atoms with Gasteiger partial charge in [-0.1, -0.05) is 6.92 Å². The molecule has 1 saturated heterocycles. The van der Waals surface area contributed by atoms with E-state index in [9.17, 15) is 27.5 Å². The summed E-state index contributed by atoms with van der Waals surface area (Å²) in [6.45, 7) is 1.09. The van der Waals surface area contributed by atoms with Crippen molar-refractivity contribution in [2.75, 3.05) is 12.9 Å². The van der Waals surface area contributed by atoms with E-state index in [4.69, 9.17) is 4.74 Å². The molecular weight excluding hydrogens is 335 g/mol. The third-order valence-electron chi connectivity index (χ3n) is 3.44. The van der Waals surface area contributed by atoms with Crippen molar-refractivity contribution in [1.29, 1.82) is 0 Å². The van der Waals surface area contributed by atoms with Gasteiger partial charge in [0.05, 0.1) is 12.9 Å². The Balaban J connectivity index is 2.28. The molecule has 0 unspecified atom stereocenters. The van der Waals surface area contributed by atoms with E-state index in [-0.39, 0.29) is 5.56 Å². The number of alkyl halides is 1. The summed E-state index contributed by atoms with van der Waals surface area (Å²) in [6, 6.07) is 0. The maximum Gasteiger partial charge on any atom is 0.330 e. The molecule has 2 heterocycles. The summed E-state index contributed by atoms with van der Waals surface area (Å²) in [5.41, 5.74) is -1.23. The highest BCUT2D eigenvalue weighted by Crippen LogP contribution is 2.31. The van der Waals surface area contributed by atoms with Crippen molar-refractivity contribution >= 4 is 10.1 Å². The summed E-state index contributed by atoms with van der Waals surface area (Å²) in [5, 5.41) is 9.80. The molecule has 0 radical (unpaired) electrons. The molecule has 4 atom stereocenters. The first kappa shape index (κ1) is 17.8. The highest BCUT2D eigenvalue weighted by molar-refractivity contribution is 7.85. The van der Waals surface area contributed by atoms with Crippen LogP contribution in [0.4, 0.5) is 4.39 Å². The number of aryl methyl sites for hydroxylation is 1. The number of nitrogens with zero attached hydrogens (tertiary/aromatic N) is 1. The molecule has 1 aliphatic heterocycles. The van der Waals surface area contributed by atoms with E-state index in [0.717, 1.165) is 17.0 Å². The standard InChI is InChI=1S/C12H17FN2O7S/c1-3-6-4-15(12(18)14-10(6)17)11-8(13)9(16)7(22-11)5-21-23(2,19)20/h4,7-9,11,16H,3,5H2,1-2H3,(H,14,17,18)/t7-,8+,9-,11-/m1/s1. The molecular formula is C12H17FN2O7S. The molecule has 11 heteroatoms. The molecule has 0 aliphatic carbocycles. The predicted octanol–water partition coefficient (Wildman–Crippen LogP) is -1.33. The lowest BCUT2D eigenvalue weighted by Crippen LogP contribution is -2.37. The zero-order valence-electron chi connectivity index (χ0n) is 12.4. The zero-order valence-corrected chi connectivity index (χ0v) is 13.2. The molecule has 1 aromatic heterocycles. The average Bonchev–Trinajstić information content (AvgIpc) is 2.73. The van der Waals surface area contributed by atoms with Crippen molar-refractivity contribution in [3.63, 3.8) is 0 Å². The Morgan fingerprint density at radius 3 is 2.70 bits per heavy atom. The van der Waals surface area contributed by atoms with E-state index in [2.05, 4.69) is 4.18 Å². The Morgan fingerprint density at radius 2 is 2.13 bits per heavy atom. The van der Waals surface area contributed by atoms with Crippen LogP contribution in [0.2, 0.25) is 0 Å². The second-order valence-electron chi connectivity index (χ2n) is 5.16. The lowest BCUT2D eigenvalue weighted by molar-refractivity contribution is -0.0437. The van der Waals surface area contributed by atoms with Crippen LogP contribution in [0.5, 0.6) is 0 Å². The number of halogens is 1. The Morgan fingerprint density at radius 1 is 1.48 bits per heavy atom. The van der Waals surface area contributed by atoms with Crippen molar-refractivity contribution in [1.82, 2.24) is 9.55 Å². The molecule has 1 aliphatic rings. The summed E-state index contributed by atoms with van der Waals surface area (Å²) in [4.78, 5) is 25.4. The summed E-state index contributed by atoms with van der Waals surface area (Å²) in [5.74, 6) is 0. The zero-order chi connectivity index (χ0) is 17.4. The van der Waals surface area contributed by atoms with Crippen LogP contribution in [0.15, 0.2) is 15.8 Å². The monoisotopic (exact) mass is 352 g/mol. The van der Waals surface area contributed by atoms with Gasteiger partial charge in [0.15, 0.2) is 12.4 Å². The number of H-pyrrole nitrogens is 1. The Labute approximate surface area is 130 Å². The first-order chi connectivity index (χ1) is 10.6. The number of ether oxygens (including phenoxy) is 1. The van der Waals surface area contributed by atoms with E-state index in [0.29, 0.717) is 6.42 Å². The summed E-state index contributed by atoms with van der Waals surface area (Å²) in [6.07, 6.45) is -4.16. The normalized spacial score (nSPS) is 28.2. The quantitative estimate of drug-likeness (QED) is 0.629. The number of aromatic nitrogens is 2. The van der Waals surface area contributed by atoms with Gasteiger partial charge in [-0.25, -0.2) is 9.18 Å². The van der Waals surface area contributed by atoms with Gasteiger partial charge in [-0.2, -0.15) is 8.42 Å². The smallest absolute Gasteiger partial charge is 0.330 e. The summed E-state index contributed by atoms with van der Waals surface area (Å²) < 4.78 is 46.7. The lowest BCUT2D eigenvalue weighted by atomic mass is 10.1. The van der Waals surface area contributed by atoms with Gasteiger partial charge in [0.1, 0.15) is 12.2 Å². The molecule has 1 aromatic rings. The molecule has 2 N–H and O–H groups in total. The number of hydrogen-bond donors (Lipinski definition) is 2. The fourth-order valence-corrected chi connectivity index (χ4v) is 2.61. The van der Waals surface area contributed by atoms with E-state index in [1.54, 1.807) is 6.92 Å². The third kappa shape index (κ3) is 3.86. The van der Waals surface area contributed by atoms with Gasteiger partial charge in [0, 0.05) is 11.8 Å². The maximum atomic E-state index is 14.2. The van der Waals surface area contributed by atoms with E-state index in [1.165, 1.54) is 0 Å². The minimum Gasteiger partial charge on any atom is -0.387 e. The second kappa shape index (κ2) is 6.51. The van der Waals surface area contributed by atoms with Gasteiger partial charge in [0.2, 0.25) is 0 Å². The highest BCUT2D eigenvalue weighted by atomic mass is 32.2. The maximum absolute atomic E-state index is 14.2. The Hall–Kier alpha value is -1.56. The average molecular weight is 352 g/mol. The number of aromatic amines is 1. The number of hydrogen-bond acceptors (Lipinski definition) is 7. The molecule has 0 spiro atoms. The Bertz CT molecular complexity index is 787. The van der Waals surface area contributed by atoms with Crippen LogP contribution in [0.3, 0.4) is 0 Å². The Kier molecular flexibility index (Phi) is 5.04. The largest absolute Gasteiger partial charge is 0.387 e. The SMILES string of the molecule is CCc1cn([C@@H]2O[C@H](COS(C)(=O)=O)[C@@H](O)[C@@H]2F)c(=O)[nH]c1=O.